The number of hydrogen-bond donors (Lipinski definition) is 2. The molecule has 0 radical (unpaired) electrons. The minimum atomic E-state index is -0.183. The van der Waals surface area contributed by atoms with Crippen molar-refractivity contribution in [3.63, 3.8) is 0 Å². The molecule has 0 unspecified atom stereocenters. The summed E-state index contributed by atoms with van der Waals surface area (Å²) < 4.78 is 5.33. The van der Waals surface area contributed by atoms with Gasteiger partial charge < -0.3 is 15.4 Å². The lowest BCUT2D eigenvalue weighted by molar-refractivity contribution is -0.118. The van der Waals surface area contributed by atoms with Crippen LogP contribution in [0.4, 0.5) is 5.69 Å². The summed E-state index contributed by atoms with van der Waals surface area (Å²) in [6.07, 6.45) is 0. The number of benzene rings is 1. The van der Waals surface area contributed by atoms with E-state index >= 15 is 0 Å². The molecule has 2 rings (SSSR count). The molecular weight excluding hydrogens is 294 g/mol. The third-order valence-corrected chi connectivity index (χ3v) is 3.86. The fourth-order valence-corrected chi connectivity index (χ4v) is 2.73. The minimum Gasteiger partial charge on any atom is -0.482 e. The molecule has 1 aromatic rings. The highest BCUT2D eigenvalue weighted by Gasteiger charge is 2.18. The third-order valence-electron chi connectivity index (χ3n) is 3.86. The Labute approximate surface area is 137 Å². The standard InChI is InChI=1S/C17H25N3O3/c1-11(2)20(12(3)4)8-7-18-17(22)13-5-6-14-15(9-13)23-10-16(21)19-14/h5-6,9,11-12H,7-8,10H2,1-4H3,(H,18,22)(H,19,21). The summed E-state index contributed by atoms with van der Waals surface area (Å²) in [5, 5.41) is 5.64. The fraction of sp³-hybridized carbons (Fsp3) is 0.529. The van der Waals surface area contributed by atoms with Crippen LogP contribution in [-0.4, -0.2) is 48.5 Å². The number of carbonyl (C=O) groups is 2. The number of anilines is 1. The van der Waals surface area contributed by atoms with Gasteiger partial charge in [0.25, 0.3) is 11.8 Å². The summed E-state index contributed by atoms with van der Waals surface area (Å²) in [6, 6.07) is 5.91. The minimum absolute atomic E-state index is 0.0180. The highest BCUT2D eigenvalue weighted by Crippen LogP contribution is 2.28. The molecule has 6 nitrogen and oxygen atoms in total. The van der Waals surface area contributed by atoms with Crippen LogP contribution in [0.25, 0.3) is 0 Å². The van der Waals surface area contributed by atoms with E-state index in [1.807, 2.05) is 0 Å². The topological polar surface area (TPSA) is 70.7 Å². The van der Waals surface area contributed by atoms with Crippen LogP contribution in [-0.2, 0) is 4.79 Å². The molecule has 2 amide bonds. The Hall–Kier alpha value is -2.08. The van der Waals surface area contributed by atoms with Gasteiger partial charge in [0.2, 0.25) is 0 Å². The Morgan fingerprint density at radius 2 is 2.00 bits per heavy atom. The predicted molar refractivity (Wildman–Crippen MR) is 89.9 cm³/mol. The Bertz CT molecular complexity index is 576. The van der Waals surface area contributed by atoms with E-state index in [-0.39, 0.29) is 18.4 Å². The molecule has 0 saturated heterocycles. The zero-order valence-corrected chi connectivity index (χ0v) is 14.2. The molecule has 2 N–H and O–H groups in total. The number of hydrogen-bond acceptors (Lipinski definition) is 4. The molecule has 0 bridgehead atoms. The molecule has 0 saturated carbocycles. The summed E-state index contributed by atoms with van der Waals surface area (Å²) in [6.45, 7) is 9.97. The van der Waals surface area contributed by atoms with Crippen molar-refractivity contribution in [1.29, 1.82) is 0 Å². The summed E-state index contributed by atoms with van der Waals surface area (Å²) in [4.78, 5) is 25.8. The Morgan fingerprint density at radius 3 is 2.65 bits per heavy atom. The quantitative estimate of drug-likeness (QED) is 0.840. The normalized spacial score (nSPS) is 13.8. The second kappa shape index (κ2) is 7.46. The van der Waals surface area contributed by atoms with E-state index in [4.69, 9.17) is 4.74 Å². The molecule has 23 heavy (non-hydrogen) atoms. The van der Waals surface area contributed by atoms with Crippen molar-refractivity contribution >= 4 is 17.5 Å². The van der Waals surface area contributed by atoms with Crippen LogP contribution in [0.5, 0.6) is 5.75 Å². The van der Waals surface area contributed by atoms with Crippen LogP contribution in [0, 0.1) is 0 Å². The summed E-state index contributed by atoms with van der Waals surface area (Å²) in [5.74, 6) is 0.209. The van der Waals surface area contributed by atoms with Gasteiger partial charge in [0.05, 0.1) is 5.69 Å². The maximum atomic E-state index is 12.2. The lowest BCUT2D eigenvalue weighted by atomic mass is 10.1. The first-order valence-corrected chi connectivity index (χ1v) is 7.99. The van der Waals surface area contributed by atoms with Crippen LogP contribution in [0.3, 0.4) is 0 Å². The SMILES string of the molecule is CC(C)N(CCNC(=O)c1ccc2c(c1)OCC(=O)N2)C(C)C. The number of carbonyl (C=O) groups excluding carboxylic acids is 2. The molecule has 1 aliphatic rings. The lowest BCUT2D eigenvalue weighted by Gasteiger charge is -2.30. The van der Waals surface area contributed by atoms with Crippen molar-refractivity contribution in [2.45, 2.75) is 39.8 Å². The van der Waals surface area contributed by atoms with Gasteiger partial charge in [-0.25, -0.2) is 0 Å². The second-order valence-electron chi connectivity index (χ2n) is 6.23. The van der Waals surface area contributed by atoms with Gasteiger partial charge in [-0.1, -0.05) is 0 Å². The van der Waals surface area contributed by atoms with Crippen molar-refractivity contribution in [1.82, 2.24) is 10.2 Å². The first-order chi connectivity index (χ1) is 10.9. The second-order valence-corrected chi connectivity index (χ2v) is 6.23. The first kappa shape index (κ1) is 17.3. The van der Waals surface area contributed by atoms with Gasteiger partial charge in [0.1, 0.15) is 5.75 Å². The monoisotopic (exact) mass is 319 g/mol. The van der Waals surface area contributed by atoms with E-state index < -0.39 is 0 Å². The zero-order valence-electron chi connectivity index (χ0n) is 14.2. The molecule has 1 heterocycles. The van der Waals surface area contributed by atoms with E-state index in [1.165, 1.54) is 0 Å². The average molecular weight is 319 g/mol. The smallest absolute Gasteiger partial charge is 0.262 e. The van der Waals surface area contributed by atoms with E-state index in [1.54, 1.807) is 18.2 Å². The molecule has 126 valence electrons. The van der Waals surface area contributed by atoms with Crippen LogP contribution in [0.15, 0.2) is 18.2 Å². The highest BCUT2D eigenvalue weighted by atomic mass is 16.5. The van der Waals surface area contributed by atoms with Gasteiger partial charge >= 0.3 is 0 Å². The maximum Gasteiger partial charge on any atom is 0.262 e. The molecule has 0 fully saturated rings. The van der Waals surface area contributed by atoms with Gasteiger partial charge in [-0.15, -0.1) is 0 Å². The number of fused-ring (bicyclic) bond motifs is 1. The van der Waals surface area contributed by atoms with Crippen LogP contribution < -0.4 is 15.4 Å². The number of ether oxygens (including phenoxy) is 1. The van der Waals surface area contributed by atoms with Gasteiger partial charge in [-0.3, -0.25) is 14.5 Å². The molecule has 0 aliphatic carbocycles. The molecule has 6 heteroatoms. The third kappa shape index (κ3) is 4.45. The van der Waals surface area contributed by atoms with Crippen LogP contribution in [0.2, 0.25) is 0 Å². The fourth-order valence-electron chi connectivity index (χ4n) is 2.73. The van der Waals surface area contributed by atoms with E-state index in [2.05, 4.69) is 43.2 Å². The van der Waals surface area contributed by atoms with Gasteiger partial charge in [0.15, 0.2) is 6.61 Å². The van der Waals surface area contributed by atoms with Gasteiger partial charge in [-0.05, 0) is 45.9 Å². The number of amides is 2. The average Bonchev–Trinajstić information content (AvgIpc) is 2.49. The van der Waals surface area contributed by atoms with Crippen molar-refractivity contribution in [3.05, 3.63) is 23.8 Å². The van der Waals surface area contributed by atoms with Crippen molar-refractivity contribution in [2.75, 3.05) is 25.0 Å². The Balaban J connectivity index is 1.92. The van der Waals surface area contributed by atoms with Crippen molar-refractivity contribution in [2.24, 2.45) is 0 Å². The lowest BCUT2D eigenvalue weighted by Crippen LogP contribution is -2.42. The van der Waals surface area contributed by atoms with E-state index in [0.717, 1.165) is 6.54 Å². The van der Waals surface area contributed by atoms with Crippen LogP contribution in [0.1, 0.15) is 38.1 Å². The number of nitrogens with zero attached hydrogens (tertiary/aromatic N) is 1. The first-order valence-electron chi connectivity index (χ1n) is 7.99. The van der Waals surface area contributed by atoms with Gasteiger partial charge in [0, 0.05) is 30.7 Å². The largest absolute Gasteiger partial charge is 0.482 e. The Kier molecular flexibility index (Phi) is 5.60. The maximum absolute atomic E-state index is 12.2. The molecule has 0 aromatic heterocycles. The molecule has 0 atom stereocenters. The molecule has 0 spiro atoms. The number of rotatable bonds is 6. The van der Waals surface area contributed by atoms with E-state index in [9.17, 15) is 9.59 Å². The molecule has 1 aliphatic heterocycles. The molecule has 1 aromatic carbocycles. The summed E-state index contributed by atoms with van der Waals surface area (Å²) >= 11 is 0. The van der Waals surface area contributed by atoms with E-state index in [0.29, 0.717) is 35.6 Å². The highest BCUT2D eigenvalue weighted by molar-refractivity contribution is 5.98. The predicted octanol–water partition coefficient (Wildman–Crippen LogP) is 1.87. The van der Waals surface area contributed by atoms with Gasteiger partial charge in [-0.2, -0.15) is 0 Å². The number of nitrogens with one attached hydrogen (secondary N) is 2. The summed E-state index contributed by atoms with van der Waals surface area (Å²) in [7, 11) is 0. The summed E-state index contributed by atoms with van der Waals surface area (Å²) in [5.41, 5.74) is 1.13. The van der Waals surface area contributed by atoms with Crippen LogP contribution >= 0.6 is 0 Å². The zero-order chi connectivity index (χ0) is 17.0. The Morgan fingerprint density at radius 1 is 1.30 bits per heavy atom. The van der Waals surface area contributed by atoms with Crippen molar-refractivity contribution < 1.29 is 14.3 Å². The molecular formula is C17H25N3O3. The van der Waals surface area contributed by atoms with Crippen molar-refractivity contribution in [3.8, 4) is 5.75 Å².